The summed E-state index contributed by atoms with van der Waals surface area (Å²) < 4.78 is 25.1. The van der Waals surface area contributed by atoms with E-state index in [1.807, 2.05) is 12.1 Å². The zero-order valence-corrected chi connectivity index (χ0v) is 23.1. The largest absolute Gasteiger partial charge is 0.481 e. The van der Waals surface area contributed by atoms with E-state index in [1.54, 1.807) is 63.2 Å². The first kappa shape index (κ1) is 29.0. The lowest BCUT2D eigenvalue weighted by Crippen LogP contribution is -2.40. The first-order valence-corrected chi connectivity index (χ1v) is 13.1. The van der Waals surface area contributed by atoms with Crippen LogP contribution in [0.4, 0.5) is 14.9 Å². The molecule has 1 aliphatic rings. The number of nitrogens with one attached hydrogen (secondary N) is 1. The molecule has 210 valence electrons. The number of ether oxygens (including phenoxy) is 2. The number of amides is 2. The molecule has 0 saturated carbocycles. The first-order chi connectivity index (χ1) is 18.9. The Morgan fingerprint density at radius 3 is 2.48 bits per heavy atom. The topological polar surface area (TPSA) is 105 Å². The van der Waals surface area contributed by atoms with E-state index in [1.165, 1.54) is 17.0 Å². The van der Waals surface area contributed by atoms with E-state index in [9.17, 15) is 23.9 Å². The summed E-state index contributed by atoms with van der Waals surface area (Å²) in [7, 11) is 0. The van der Waals surface area contributed by atoms with Crippen LogP contribution < -0.4 is 10.2 Å². The van der Waals surface area contributed by atoms with Gasteiger partial charge in [-0.15, -0.1) is 0 Å². The lowest BCUT2D eigenvalue weighted by Gasteiger charge is -2.25. The number of benzene rings is 3. The van der Waals surface area contributed by atoms with Crippen molar-refractivity contribution < 1.29 is 33.4 Å². The smallest absolute Gasteiger partial charge is 0.407 e. The Kier molecular flexibility index (Phi) is 8.76. The van der Waals surface area contributed by atoms with E-state index in [0.717, 1.165) is 5.56 Å². The zero-order chi connectivity index (χ0) is 29.0. The summed E-state index contributed by atoms with van der Waals surface area (Å²) in [6, 6.07) is 17.9. The van der Waals surface area contributed by atoms with Gasteiger partial charge >= 0.3 is 12.1 Å². The van der Waals surface area contributed by atoms with Crippen molar-refractivity contribution in [2.24, 2.45) is 0 Å². The average molecular weight is 569 g/mol. The molecule has 40 heavy (non-hydrogen) atoms. The number of carbonyl (C=O) groups excluding carboxylic acids is 2. The number of carbonyl (C=O) groups is 3. The first-order valence-electron chi connectivity index (χ1n) is 12.7. The third-order valence-electron chi connectivity index (χ3n) is 6.11. The number of anilines is 1. The quantitative estimate of drug-likeness (QED) is 0.362. The highest BCUT2D eigenvalue weighted by Crippen LogP contribution is 2.40. The molecule has 1 heterocycles. The number of carboxylic acid groups (broad SMARTS) is 1. The van der Waals surface area contributed by atoms with Crippen LogP contribution in [0.2, 0.25) is 5.02 Å². The molecule has 1 aliphatic heterocycles. The van der Waals surface area contributed by atoms with Crippen LogP contribution in [-0.2, 0) is 32.2 Å². The fourth-order valence-electron chi connectivity index (χ4n) is 4.41. The van der Waals surface area contributed by atoms with Gasteiger partial charge in [0.1, 0.15) is 23.6 Å². The molecule has 0 aromatic heterocycles. The number of hydrogen-bond donors (Lipinski definition) is 2. The lowest BCUT2D eigenvalue weighted by atomic mass is 9.97. The van der Waals surface area contributed by atoms with E-state index < -0.39 is 48.0 Å². The average Bonchev–Trinajstić information content (AvgIpc) is 2.98. The van der Waals surface area contributed by atoms with Gasteiger partial charge < -0.3 is 24.8 Å². The monoisotopic (exact) mass is 568 g/mol. The third kappa shape index (κ3) is 7.37. The second kappa shape index (κ2) is 12.1. The van der Waals surface area contributed by atoms with Crippen LogP contribution in [0, 0.1) is 5.82 Å². The minimum Gasteiger partial charge on any atom is -0.481 e. The Balaban J connectivity index is 1.72. The van der Waals surface area contributed by atoms with Crippen LogP contribution in [0.15, 0.2) is 66.7 Å². The van der Waals surface area contributed by atoms with Crippen molar-refractivity contribution in [3.05, 3.63) is 99.8 Å². The molecule has 0 bridgehead atoms. The van der Waals surface area contributed by atoms with E-state index in [2.05, 4.69) is 5.32 Å². The number of hydrogen-bond acceptors (Lipinski definition) is 5. The minimum absolute atomic E-state index is 0.0692. The van der Waals surface area contributed by atoms with Gasteiger partial charge in [0.2, 0.25) is 0 Å². The van der Waals surface area contributed by atoms with Crippen LogP contribution in [0.25, 0.3) is 0 Å². The summed E-state index contributed by atoms with van der Waals surface area (Å²) in [4.78, 5) is 39.0. The van der Waals surface area contributed by atoms with Gasteiger partial charge in [0.15, 0.2) is 0 Å². The summed E-state index contributed by atoms with van der Waals surface area (Å²) in [6.07, 6.45) is -3.28. The molecule has 2 amide bonds. The predicted molar refractivity (Wildman–Crippen MR) is 148 cm³/mol. The van der Waals surface area contributed by atoms with Crippen LogP contribution in [0.3, 0.4) is 0 Å². The summed E-state index contributed by atoms with van der Waals surface area (Å²) in [5.74, 6) is -2.15. The van der Waals surface area contributed by atoms with Gasteiger partial charge in [0, 0.05) is 17.1 Å². The van der Waals surface area contributed by atoms with Crippen molar-refractivity contribution >= 4 is 35.3 Å². The van der Waals surface area contributed by atoms with Gasteiger partial charge in [0.25, 0.3) is 5.91 Å². The Morgan fingerprint density at radius 1 is 1.07 bits per heavy atom. The van der Waals surface area contributed by atoms with Crippen molar-refractivity contribution in [3.8, 4) is 0 Å². The highest BCUT2D eigenvalue weighted by atomic mass is 35.5. The summed E-state index contributed by atoms with van der Waals surface area (Å²) >= 11 is 6.38. The van der Waals surface area contributed by atoms with Gasteiger partial charge in [0.05, 0.1) is 18.7 Å². The standard InChI is InChI=1S/C30H30ClFN2O6/c1-30(2,3)40-29(38)33-16-19-5-4-6-20(13-19)27-23-14-21(31)9-12-24(23)34(17-18-7-10-22(32)11-8-18)28(37)25(39-27)15-26(35)36/h4-14,25,27H,15-17H2,1-3H3,(H,33,38)(H,35,36). The molecular weight excluding hydrogens is 539 g/mol. The van der Waals surface area contributed by atoms with E-state index in [0.29, 0.717) is 27.4 Å². The molecule has 3 aromatic carbocycles. The van der Waals surface area contributed by atoms with E-state index in [-0.39, 0.29) is 13.1 Å². The molecule has 2 unspecified atom stereocenters. The van der Waals surface area contributed by atoms with Crippen LogP contribution >= 0.6 is 11.6 Å². The molecule has 0 fully saturated rings. The number of halogens is 2. The Hall–Kier alpha value is -3.95. The SMILES string of the molecule is CC(C)(C)OC(=O)NCc1cccc(C2OC(CC(=O)O)C(=O)N(Cc3ccc(F)cc3)c3ccc(Cl)cc32)c1. The van der Waals surface area contributed by atoms with Crippen molar-refractivity contribution in [2.45, 2.75) is 58.1 Å². The van der Waals surface area contributed by atoms with Crippen LogP contribution in [-0.4, -0.2) is 34.8 Å². The predicted octanol–water partition coefficient (Wildman–Crippen LogP) is 6.00. The highest BCUT2D eigenvalue weighted by molar-refractivity contribution is 6.30. The molecule has 0 radical (unpaired) electrons. The van der Waals surface area contributed by atoms with Gasteiger partial charge in [-0.25, -0.2) is 9.18 Å². The highest BCUT2D eigenvalue weighted by Gasteiger charge is 2.38. The van der Waals surface area contributed by atoms with E-state index >= 15 is 0 Å². The molecule has 3 aromatic rings. The maximum absolute atomic E-state index is 13.7. The Bertz CT molecular complexity index is 1410. The number of carboxylic acids is 1. The van der Waals surface area contributed by atoms with Crippen LogP contribution in [0.1, 0.15) is 55.5 Å². The Labute approximate surface area is 236 Å². The normalized spacial score (nSPS) is 17.1. The fourth-order valence-corrected chi connectivity index (χ4v) is 4.59. The molecule has 2 atom stereocenters. The summed E-state index contributed by atoms with van der Waals surface area (Å²) in [5, 5.41) is 12.7. The minimum atomic E-state index is -1.31. The number of rotatable bonds is 7. The number of fused-ring (bicyclic) bond motifs is 1. The van der Waals surface area contributed by atoms with Crippen molar-refractivity contribution in [1.29, 1.82) is 0 Å². The van der Waals surface area contributed by atoms with Crippen molar-refractivity contribution in [1.82, 2.24) is 5.32 Å². The molecule has 0 aliphatic carbocycles. The molecule has 0 spiro atoms. The number of aliphatic carboxylic acids is 1. The Morgan fingerprint density at radius 2 is 1.80 bits per heavy atom. The molecule has 10 heteroatoms. The lowest BCUT2D eigenvalue weighted by molar-refractivity contribution is -0.146. The van der Waals surface area contributed by atoms with Gasteiger partial charge in [-0.3, -0.25) is 9.59 Å². The summed E-state index contributed by atoms with van der Waals surface area (Å²) in [6.45, 7) is 5.56. The number of alkyl carbamates (subject to hydrolysis) is 1. The second-order valence-electron chi connectivity index (χ2n) is 10.5. The zero-order valence-electron chi connectivity index (χ0n) is 22.3. The maximum Gasteiger partial charge on any atom is 0.407 e. The summed E-state index contributed by atoms with van der Waals surface area (Å²) in [5.41, 5.74) is 2.44. The van der Waals surface area contributed by atoms with Crippen molar-refractivity contribution in [3.63, 3.8) is 0 Å². The number of nitrogens with zero attached hydrogens (tertiary/aromatic N) is 1. The molecular formula is C30H30ClFN2O6. The van der Waals surface area contributed by atoms with Gasteiger partial charge in [-0.2, -0.15) is 0 Å². The molecule has 2 N–H and O–H groups in total. The van der Waals surface area contributed by atoms with Gasteiger partial charge in [-0.05, 0) is 67.8 Å². The van der Waals surface area contributed by atoms with Crippen molar-refractivity contribution in [2.75, 3.05) is 4.90 Å². The molecule has 4 rings (SSSR count). The fraction of sp³-hybridized carbons (Fsp3) is 0.300. The van der Waals surface area contributed by atoms with Gasteiger partial charge in [-0.1, -0.05) is 48.0 Å². The van der Waals surface area contributed by atoms with Crippen LogP contribution in [0.5, 0.6) is 0 Å². The third-order valence-corrected chi connectivity index (χ3v) is 6.34. The maximum atomic E-state index is 13.7. The second-order valence-corrected chi connectivity index (χ2v) is 10.9. The molecule has 8 nitrogen and oxygen atoms in total. The molecule has 0 saturated heterocycles. The van der Waals surface area contributed by atoms with E-state index in [4.69, 9.17) is 21.1 Å².